The predicted octanol–water partition coefficient (Wildman–Crippen LogP) is 4.10. The van der Waals surface area contributed by atoms with Crippen LogP contribution < -0.4 is 16.4 Å². The van der Waals surface area contributed by atoms with E-state index in [1.54, 1.807) is 13.1 Å². The number of carbonyl (C=O) groups is 2. The molecule has 242 valence electrons. The molecule has 2 fully saturated rings. The molecule has 0 aliphatic carbocycles. The molecule has 10 heteroatoms. The molecule has 0 bridgehead atoms. The normalized spacial score (nSPS) is 20.4. The first kappa shape index (κ1) is 31.9. The number of aliphatic imine (C=N–C) groups is 2. The average Bonchev–Trinajstić information content (AvgIpc) is 3.65. The van der Waals surface area contributed by atoms with Crippen molar-refractivity contribution in [2.24, 2.45) is 21.1 Å². The van der Waals surface area contributed by atoms with Crippen LogP contribution in [-0.2, 0) is 9.59 Å². The molecule has 3 aromatic carbocycles. The standard InChI is InChI=1S/C37H42N8O2/c1-25-5-3-4-6-30(25)34(39)31-21-29(11-12-32(31)38)45-20-16-37(36(45)47)15-19-43(23-37)22-33(46)44-17-13-27(14-18-44)26-7-9-28(10-8-26)35(40)42-24-41-2/h3-13,21,24,39H,14-20,22-23,38H2,1-2H3,(H2,40,41,42)/t37-/m0/s1. The number of benzene rings is 3. The molecule has 3 heterocycles. The summed E-state index contributed by atoms with van der Waals surface area (Å²) in [5.74, 6) is 0.602. The van der Waals surface area contributed by atoms with Gasteiger partial charge in [-0.2, -0.15) is 0 Å². The number of hydrogen-bond acceptors (Lipinski definition) is 6. The molecule has 10 nitrogen and oxygen atoms in total. The van der Waals surface area contributed by atoms with Crippen LogP contribution in [0.15, 0.2) is 82.8 Å². The van der Waals surface area contributed by atoms with E-state index >= 15 is 0 Å². The number of amides is 2. The Morgan fingerprint density at radius 1 is 1.02 bits per heavy atom. The summed E-state index contributed by atoms with van der Waals surface area (Å²) in [5, 5.41) is 8.86. The third-order valence-corrected chi connectivity index (χ3v) is 9.76. The molecule has 0 unspecified atom stereocenters. The van der Waals surface area contributed by atoms with Crippen molar-refractivity contribution in [3.8, 4) is 0 Å². The van der Waals surface area contributed by atoms with Gasteiger partial charge in [0.1, 0.15) is 12.2 Å². The van der Waals surface area contributed by atoms with E-state index in [0.29, 0.717) is 62.1 Å². The number of anilines is 2. The highest BCUT2D eigenvalue weighted by atomic mass is 16.2. The fraction of sp³-hybridized carbons (Fsp3) is 0.324. The predicted molar refractivity (Wildman–Crippen MR) is 189 cm³/mol. The zero-order chi connectivity index (χ0) is 33.1. The fourth-order valence-corrected chi connectivity index (χ4v) is 6.96. The number of likely N-dealkylation sites (tertiary alicyclic amines) is 1. The molecule has 3 aliphatic heterocycles. The van der Waals surface area contributed by atoms with Gasteiger partial charge in [0.25, 0.3) is 0 Å². The van der Waals surface area contributed by atoms with E-state index in [2.05, 4.69) is 21.0 Å². The molecule has 3 aliphatic rings. The van der Waals surface area contributed by atoms with Gasteiger partial charge in [-0.1, -0.05) is 54.6 Å². The van der Waals surface area contributed by atoms with Crippen molar-refractivity contribution >= 4 is 46.6 Å². The third kappa shape index (κ3) is 6.46. The second kappa shape index (κ2) is 13.3. The summed E-state index contributed by atoms with van der Waals surface area (Å²) < 4.78 is 0. The molecule has 6 rings (SSSR count). The van der Waals surface area contributed by atoms with Crippen molar-refractivity contribution in [1.82, 2.24) is 9.80 Å². The molecule has 2 saturated heterocycles. The summed E-state index contributed by atoms with van der Waals surface area (Å²) in [6, 6.07) is 21.3. The van der Waals surface area contributed by atoms with Crippen molar-refractivity contribution < 1.29 is 9.59 Å². The number of amidine groups is 1. The highest BCUT2D eigenvalue weighted by molar-refractivity contribution is 6.15. The summed E-state index contributed by atoms with van der Waals surface area (Å²) >= 11 is 0. The number of rotatable bonds is 8. The monoisotopic (exact) mass is 630 g/mol. The minimum absolute atomic E-state index is 0.0914. The zero-order valence-electron chi connectivity index (χ0n) is 27.1. The maximum Gasteiger partial charge on any atom is 0.237 e. The number of hydrogen-bond donors (Lipinski definition) is 3. The van der Waals surface area contributed by atoms with Gasteiger partial charge >= 0.3 is 0 Å². The lowest BCUT2D eigenvalue weighted by Gasteiger charge is -2.29. The molecule has 5 N–H and O–H groups in total. The first-order chi connectivity index (χ1) is 22.7. The Morgan fingerprint density at radius 3 is 2.51 bits per heavy atom. The lowest BCUT2D eigenvalue weighted by Crippen LogP contribution is -2.43. The summed E-state index contributed by atoms with van der Waals surface area (Å²) in [4.78, 5) is 41.1. The van der Waals surface area contributed by atoms with Crippen molar-refractivity contribution in [2.45, 2.75) is 26.2 Å². The topological polar surface area (TPSA) is 144 Å². The summed E-state index contributed by atoms with van der Waals surface area (Å²) in [6.07, 6.45) is 5.81. The van der Waals surface area contributed by atoms with Crippen LogP contribution >= 0.6 is 0 Å². The van der Waals surface area contributed by atoms with Crippen LogP contribution in [0, 0.1) is 17.7 Å². The number of carbonyl (C=O) groups excluding carboxylic acids is 2. The van der Waals surface area contributed by atoms with Crippen LogP contribution in [0.2, 0.25) is 0 Å². The smallest absolute Gasteiger partial charge is 0.237 e. The second-order valence-electron chi connectivity index (χ2n) is 12.7. The Labute approximate surface area is 276 Å². The number of nitrogen functional groups attached to an aromatic ring is 1. The Balaban J connectivity index is 1.06. The summed E-state index contributed by atoms with van der Waals surface area (Å²) in [7, 11) is 1.65. The van der Waals surface area contributed by atoms with Crippen LogP contribution in [0.5, 0.6) is 0 Å². The van der Waals surface area contributed by atoms with E-state index < -0.39 is 5.41 Å². The minimum atomic E-state index is -0.496. The molecule has 2 amide bonds. The molecular formula is C37H42N8O2. The third-order valence-electron chi connectivity index (χ3n) is 9.76. The van der Waals surface area contributed by atoms with Crippen LogP contribution in [-0.4, -0.2) is 85.8 Å². The number of nitrogens with zero attached hydrogens (tertiary/aromatic N) is 5. The van der Waals surface area contributed by atoms with Crippen LogP contribution in [0.4, 0.5) is 11.4 Å². The van der Waals surface area contributed by atoms with E-state index in [4.69, 9.17) is 16.9 Å². The van der Waals surface area contributed by atoms with Gasteiger partial charge in [0.15, 0.2) is 0 Å². The Kier molecular flexibility index (Phi) is 9.04. The Bertz CT molecular complexity index is 1790. The number of nitrogens with one attached hydrogen (secondary N) is 1. The van der Waals surface area contributed by atoms with Gasteiger partial charge in [-0.25, -0.2) is 4.99 Å². The second-order valence-corrected chi connectivity index (χ2v) is 12.7. The van der Waals surface area contributed by atoms with Crippen LogP contribution in [0.1, 0.15) is 47.1 Å². The highest BCUT2D eigenvalue weighted by Gasteiger charge is 2.51. The average molecular weight is 631 g/mol. The number of nitrogens with two attached hydrogens (primary N) is 2. The first-order valence-electron chi connectivity index (χ1n) is 16.1. The largest absolute Gasteiger partial charge is 0.398 e. The van der Waals surface area contributed by atoms with Gasteiger partial charge < -0.3 is 21.3 Å². The maximum atomic E-state index is 13.9. The lowest BCUT2D eigenvalue weighted by molar-refractivity contribution is -0.132. The molecule has 1 atom stereocenters. The first-order valence-corrected chi connectivity index (χ1v) is 16.1. The molecule has 0 radical (unpaired) electrons. The van der Waals surface area contributed by atoms with Crippen molar-refractivity contribution in [1.29, 1.82) is 5.41 Å². The van der Waals surface area contributed by atoms with Gasteiger partial charge in [0.05, 0.1) is 17.7 Å². The minimum Gasteiger partial charge on any atom is -0.398 e. The Hall–Kier alpha value is -5.09. The van der Waals surface area contributed by atoms with Gasteiger partial charge in [-0.05, 0) is 67.6 Å². The van der Waals surface area contributed by atoms with E-state index in [9.17, 15) is 9.59 Å². The van der Waals surface area contributed by atoms with Crippen molar-refractivity contribution in [3.63, 3.8) is 0 Å². The van der Waals surface area contributed by atoms with E-state index in [-0.39, 0.29) is 11.8 Å². The van der Waals surface area contributed by atoms with Gasteiger partial charge in [-0.15, -0.1) is 0 Å². The summed E-state index contributed by atoms with van der Waals surface area (Å²) in [5.41, 5.74) is 19.1. The highest BCUT2D eigenvalue weighted by Crippen LogP contribution is 2.43. The maximum absolute atomic E-state index is 13.9. The molecular weight excluding hydrogens is 588 g/mol. The molecule has 0 aromatic heterocycles. The molecule has 47 heavy (non-hydrogen) atoms. The van der Waals surface area contributed by atoms with Crippen LogP contribution in [0.3, 0.4) is 0 Å². The molecule has 3 aromatic rings. The van der Waals surface area contributed by atoms with Crippen molar-refractivity contribution in [2.75, 3.05) is 56.9 Å². The van der Waals surface area contributed by atoms with Gasteiger partial charge in [-0.3, -0.25) is 24.9 Å². The van der Waals surface area contributed by atoms with Crippen molar-refractivity contribution in [3.05, 3.63) is 101 Å². The molecule has 0 saturated carbocycles. The number of aryl methyl sites for hydroxylation is 1. The lowest BCUT2D eigenvalue weighted by atomic mass is 9.85. The van der Waals surface area contributed by atoms with E-state index in [0.717, 1.165) is 47.2 Å². The quantitative estimate of drug-likeness (QED) is 0.195. The SMILES string of the molecule is CN=CN=C(N)c1ccc(C2=CCN(C(=O)CN3CC[C@]4(CCN(c5ccc(N)c(C(=N)c6ccccc6C)c5)C4=O)C3)CC2)cc1. The summed E-state index contributed by atoms with van der Waals surface area (Å²) in [6.45, 7) is 5.41. The van der Waals surface area contributed by atoms with E-state index in [1.807, 2.05) is 77.4 Å². The van der Waals surface area contributed by atoms with E-state index in [1.165, 1.54) is 11.9 Å². The Morgan fingerprint density at radius 2 is 1.79 bits per heavy atom. The zero-order valence-corrected chi connectivity index (χ0v) is 27.1. The van der Waals surface area contributed by atoms with Gasteiger partial charge in [0, 0.05) is 61.3 Å². The van der Waals surface area contributed by atoms with Crippen LogP contribution in [0.25, 0.3) is 5.57 Å². The fourth-order valence-electron chi connectivity index (χ4n) is 6.96. The van der Waals surface area contributed by atoms with Gasteiger partial charge in [0.2, 0.25) is 11.8 Å². The molecule has 1 spiro atoms.